The first-order chi connectivity index (χ1) is 5.81. The van der Waals surface area contributed by atoms with E-state index in [4.69, 9.17) is 15.3 Å². The zero-order valence-corrected chi connectivity index (χ0v) is 7.03. The Morgan fingerprint density at radius 1 is 1.75 bits per heavy atom. The van der Waals surface area contributed by atoms with Crippen LogP contribution in [0, 0.1) is 17.2 Å². The normalized spacial score (nSPS) is 31.4. The zero-order chi connectivity index (χ0) is 8.97. The van der Waals surface area contributed by atoms with Crippen molar-refractivity contribution in [2.75, 3.05) is 13.7 Å². The highest BCUT2D eigenvalue weighted by atomic mass is 16.7. The summed E-state index contributed by atoms with van der Waals surface area (Å²) in [4.78, 5) is 4.99. The summed E-state index contributed by atoms with van der Waals surface area (Å²) in [7, 11) is 1.55. The predicted octanol–water partition coefficient (Wildman–Crippen LogP) is 0.0883. The van der Waals surface area contributed by atoms with Gasteiger partial charge in [0, 0.05) is 6.54 Å². The predicted molar refractivity (Wildman–Crippen MR) is 40.8 cm³/mol. The van der Waals surface area contributed by atoms with Gasteiger partial charge in [0.05, 0.1) is 19.1 Å². The molecule has 1 rings (SSSR count). The Kier molecular flexibility index (Phi) is 3.44. The largest absolute Gasteiger partial charge is 0.315 e. The number of hydrogen-bond acceptors (Lipinski definition) is 5. The molecule has 0 bridgehead atoms. The third-order valence-electron chi connectivity index (χ3n) is 2.12. The second-order valence-corrected chi connectivity index (χ2v) is 2.82. The monoisotopic (exact) mass is 171 g/mol. The van der Waals surface area contributed by atoms with Crippen molar-refractivity contribution in [3.05, 3.63) is 0 Å². The molecule has 1 saturated heterocycles. The lowest BCUT2D eigenvalue weighted by molar-refractivity contribution is -0.207. The van der Waals surface area contributed by atoms with Crippen molar-refractivity contribution in [1.82, 2.24) is 10.5 Å². The molecule has 5 heteroatoms. The molecule has 0 aromatic heterocycles. The number of piperidine rings is 1. The van der Waals surface area contributed by atoms with E-state index in [2.05, 4.69) is 11.5 Å². The van der Waals surface area contributed by atoms with Gasteiger partial charge >= 0.3 is 0 Å². The van der Waals surface area contributed by atoms with E-state index in [1.165, 1.54) is 0 Å². The Morgan fingerprint density at radius 3 is 3.00 bits per heavy atom. The fraction of sp³-hybridized carbons (Fsp3) is 0.857. The van der Waals surface area contributed by atoms with Gasteiger partial charge in [-0.2, -0.15) is 15.8 Å². The van der Waals surface area contributed by atoms with Gasteiger partial charge in [-0.15, -0.1) is 0 Å². The van der Waals surface area contributed by atoms with Crippen LogP contribution in [0.3, 0.4) is 0 Å². The van der Waals surface area contributed by atoms with Crippen LogP contribution in [0.25, 0.3) is 0 Å². The summed E-state index contributed by atoms with van der Waals surface area (Å²) in [6, 6.07) is 2.18. The van der Waals surface area contributed by atoms with Crippen molar-refractivity contribution in [1.29, 1.82) is 5.26 Å². The molecule has 2 unspecified atom stereocenters. The van der Waals surface area contributed by atoms with Crippen LogP contribution in [-0.2, 0) is 4.84 Å². The molecule has 0 aromatic rings. The lowest BCUT2D eigenvalue weighted by Crippen LogP contribution is -2.48. The van der Waals surface area contributed by atoms with E-state index in [0.29, 0.717) is 13.0 Å². The van der Waals surface area contributed by atoms with Crippen LogP contribution in [0.4, 0.5) is 0 Å². The van der Waals surface area contributed by atoms with Crippen LogP contribution in [0.5, 0.6) is 0 Å². The smallest absolute Gasteiger partial charge is 0.108 e. The highest BCUT2D eigenvalue weighted by Gasteiger charge is 2.27. The van der Waals surface area contributed by atoms with E-state index >= 15 is 0 Å². The Hall–Kier alpha value is -0.670. The van der Waals surface area contributed by atoms with Crippen molar-refractivity contribution in [2.24, 2.45) is 5.92 Å². The second-order valence-electron chi connectivity index (χ2n) is 2.82. The topological polar surface area (TPSA) is 68.5 Å². The average molecular weight is 171 g/mol. The van der Waals surface area contributed by atoms with Gasteiger partial charge < -0.3 is 10.0 Å². The zero-order valence-electron chi connectivity index (χ0n) is 7.03. The number of nitriles is 1. The lowest BCUT2D eigenvalue weighted by Gasteiger charge is -2.34. The molecule has 1 aliphatic heterocycles. The third kappa shape index (κ3) is 1.93. The van der Waals surface area contributed by atoms with Crippen molar-refractivity contribution >= 4 is 0 Å². The Balaban J connectivity index is 2.48. The van der Waals surface area contributed by atoms with Crippen LogP contribution >= 0.6 is 0 Å². The molecule has 0 aliphatic carbocycles. The first-order valence-corrected chi connectivity index (χ1v) is 3.91. The fourth-order valence-corrected chi connectivity index (χ4v) is 1.40. The third-order valence-corrected chi connectivity index (χ3v) is 2.12. The lowest BCUT2D eigenvalue weighted by atomic mass is 9.97. The van der Waals surface area contributed by atoms with Gasteiger partial charge in [-0.25, -0.2) is 0 Å². The Morgan fingerprint density at radius 2 is 2.50 bits per heavy atom. The van der Waals surface area contributed by atoms with Gasteiger partial charge in [-0.3, -0.25) is 0 Å². The Labute approximate surface area is 71.4 Å². The van der Waals surface area contributed by atoms with Gasteiger partial charge in [0.1, 0.15) is 6.17 Å². The highest BCUT2D eigenvalue weighted by molar-refractivity contribution is 4.88. The summed E-state index contributed by atoms with van der Waals surface area (Å²) in [5.41, 5.74) is 2.12. The molecule has 1 aliphatic rings. The molecule has 0 amide bonds. The number of rotatable bonds is 2. The van der Waals surface area contributed by atoms with E-state index in [1.807, 2.05) is 0 Å². The van der Waals surface area contributed by atoms with Crippen LogP contribution < -0.4 is 5.48 Å². The number of hydrogen-bond donors (Lipinski definition) is 2. The highest BCUT2D eigenvalue weighted by Crippen LogP contribution is 2.20. The van der Waals surface area contributed by atoms with Gasteiger partial charge in [0.15, 0.2) is 0 Å². The molecule has 12 heavy (non-hydrogen) atoms. The first-order valence-electron chi connectivity index (χ1n) is 3.91. The van der Waals surface area contributed by atoms with Gasteiger partial charge in [-0.1, -0.05) is 0 Å². The molecule has 68 valence electrons. The molecule has 5 nitrogen and oxygen atoms in total. The fourth-order valence-electron chi connectivity index (χ4n) is 1.40. The van der Waals surface area contributed by atoms with E-state index in [0.717, 1.165) is 6.42 Å². The van der Waals surface area contributed by atoms with E-state index in [1.54, 1.807) is 12.2 Å². The van der Waals surface area contributed by atoms with Crippen molar-refractivity contribution < 1.29 is 10.0 Å². The van der Waals surface area contributed by atoms with Crippen LogP contribution in [0.1, 0.15) is 12.8 Å². The summed E-state index contributed by atoms with van der Waals surface area (Å²) in [5.74, 6) is 0.0149. The maximum atomic E-state index is 8.72. The molecule has 0 spiro atoms. The minimum absolute atomic E-state index is 0.0149. The average Bonchev–Trinajstić information content (AvgIpc) is 2.16. The molecule has 2 atom stereocenters. The van der Waals surface area contributed by atoms with Gasteiger partial charge in [-0.05, 0) is 12.8 Å². The molecule has 1 fully saturated rings. The van der Waals surface area contributed by atoms with Gasteiger partial charge in [0.25, 0.3) is 0 Å². The molecular weight excluding hydrogens is 158 g/mol. The SMILES string of the molecule is CON1CCC(C#N)CC1NO. The van der Waals surface area contributed by atoms with Crippen molar-refractivity contribution in [2.45, 2.75) is 19.0 Å². The van der Waals surface area contributed by atoms with E-state index in [-0.39, 0.29) is 12.1 Å². The summed E-state index contributed by atoms with van der Waals surface area (Å²) >= 11 is 0. The number of nitrogens with zero attached hydrogens (tertiary/aromatic N) is 2. The molecule has 2 N–H and O–H groups in total. The molecule has 0 aromatic carbocycles. The summed E-state index contributed by atoms with van der Waals surface area (Å²) in [6.45, 7) is 0.674. The quantitative estimate of drug-likeness (QED) is 0.576. The van der Waals surface area contributed by atoms with E-state index in [9.17, 15) is 0 Å². The first kappa shape index (κ1) is 9.42. The number of nitrogens with one attached hydrogen (secondary N) is 1. The molecule has 1 heterocycles. The summed E-state index contributed by atoms with van der Waals surface area (Å²) < 4.78 is 0. The van der Waals surface area contributed by atoms with Crippen LogP contribution in [-0.4, -0.2) is 30.1 Å². The van der Waals surface area contributed by atoms with Crippen molar-refractivity contribution in [3.63, 3.8) is 0 Å². The van der Waals surface area contributed by atoms with Crippen LogP contribution in [0.15, 0.2) is 0 Å². The molecule has 0 radical (unpaired) electrons. The van der Waals surface area contributed by atoms with Crippen LogP contribution in [0.2, 0.25) is 0 Å². The second kappa shape index (κ2) is 4.38. The number of hydroxylamine groups is 3. The summed E-state index contributed by atoms with van der Waals surface area (Å²) in [5, 5.41) is 19.0. The summed E-state index contributed by atoms with van der Waals surface area (Å²) in [6.07, 6.45) is 1.14. The maximum Gasteiger partial charge on any atom is 0.108 e. The standard InChI is InChI=1S/C7H13N3O2/c1-12-10-3-2-6(5-8)4-7(10)9-11/h6-7,9,11H,2-4H2,1H3. The van der Waals surface area contributed by atoms with E-state index < -0.39 is 0 Å². The Bertz CT molecular complexity index is 180. The maximum absolute atomic E-state index is 8.72. The minimum atomic E-state index is -0.256. The van der Waals surface area contributed by atoms with Gasteiger partial charge in [0.2, 0.25) is 0 Å². The minimum Gasteiger partial charge on any atom is -0.315 e. The van der Waals surface area contributed by atoms with Crippen molar-refractivity contribution in [3.8, 4) is 6.07 Å². The molecular formula is C7H13N3O2. The molecule has 0 saturated carbocycles.